The van der Waals surface area contributed by atoms with Crippen molar-refractivity contribution in [3.8, 4) is 11.4 Å². The fraction of sp³-hybridized carbons (Fsp3) is 0.464. The van der Waals surface area contributed by atoms with Gasteiger partial charge < -0.3 is 9.42 Å². The molecule has 2 aromatic carbocycles. The van der Waals surface area contributed by atoms with Gasteiger partial charge in [0.25, 0.3) is 0 Å². The molecule has 1 saturated heterocycles. The summed E-state index contributed by atoms with van der Waals surface area (Å²) in [6, 6.07) is 18.9. The Balaban J connectivity index is 1.41. The SMILES string of the molecule is CC(C)c1ccc([C@@H]2C[C@H](c3nc(-c4ccccc4)no3)CN(C(=O)C3CCCC3)C2)cc1. The average molecular weight is 444 g/mol. The second-order valence-electron chi connectivity index (χ2n) is 10.00. The molecule has 5 nitrogen and oxygen atoms in total. The summed E-state index contributed by atoms with van der Waals surface area (Å²) in [5, 5.41) is 4.25. The molecule has 3 aromatic rings. The second-order valence-corrected chi connectivity index (χ2v) is 10.00. The van der Waals surface area contributed by atoms with Gasteiger partial charge in [0, 0.05) is 30.5 Å². The van der Waals surface area contributed by atoms with Gasteiger partial charge in [0.2, 0.25) is 17.6 Å². The van der Waals surface area contributed by atoms with Crippen LogP contribution in [0.15, 0.2) is 59.1 Å². The molecule has 1 amide bonds. The van der Waals surface area contributed by atoms with Crippen molar-refractivity contribution in [1.82, 2.24) is 15.0 Å². The van der Waals surface area contributed by atoms with E-state index in [2.05, 4.69) is 48.2 Å². The first-order chi connectivity index (χ1) is 16.1. The summed E-state index contributed by atoms with van der Waals surface area (Å²) in [5.41, 5.74) is 3.58. The number of amides is 1. The molecule has 0 bridgehead atoms. The van der Waals surface area contributed by atoms with Crippen LogP contribution in [0.4, 0.5) is 0 Å². The van der Waals surface area contributed by atoms with Gasteiger partial charge in [-0.1, -0.05) is 86.4 Å². The van der Waals surface area contributed by atoms with Crippen LogP contribution < -0.4 is 0 Å². The summed E-state index contributed by atoms with van der Waals surface area (Å²) in [6.45, 7) is 5.86. The first-order valence-corrected chi connectivity index (χ1v) is 12.4. The van der Waals surface area contributed by atoms with E-state index in [9.17, 15) is 4.79 Å². The number of likely N-dealkylation sites (tertiary alicyclic amines) is 1. The predicted octanol–water partition coefficient (Wildman–Crippen LogP) is 6.15. The molecular formula is C28H33N3O2. The second kappa shape index (κ2) is 9.50. The van der Waals surface area contributed by atoms with Crippen molar-refractivity contribution in [3.63, 3.8) is 0 Å². The third kappa shape index (κ3) is 4.73. The number of hydrogen-bond acceptors (Lipinski definition) is 4. The lowest BCUT2D eigenvalue weighted by atomic mass is 9.83. The van der Waals surface area contributed by atoms with Crippen LogP contribution >= 0.6 is 0 Å². The van der Waals surface area contributed by atoms with Gasteiger partial charge in [-0.3, -0.25) is 4.79 Å². The summed E-state index contributed by atoms with van der Waals surface area (Å²) in [4.78, 5) is 20.2. The molecule has 2 aliphatic rings. The van der Waals surface area contributed by atoms with E-state index in [0.29, 0.717) is 30.1 Å². The van der Waals surface area contributed by atoms with Crippen LogP contribution in [0.25, 0.3) is 11.4 Å². The molecule has 0 radical (unpaired) electrons. The molecule has 33 heavy (non-hydrogen) atoms. The lowest BCUT2D eigenvalue weighted by Crippen LogP contribution is -2.44. The van der Waals surface area contributed by atoms with E-state index in [1.807, 2.05) is 30.3 Å². The number of rotatable bonds is 5. The monoisotopic (exact) mass is 443 g/mol. The number of carbonyl (C=O) groups excluding carboxylic acids is 1. The van der Waals surface area contributed by atoms with Gasteiger partial charge in [0.15, 0.2) is 0 Å². The van der Waals surface area contributed by atoms with E-state index in [4.69, 9.17) is 9.51 Å². The maximum absolute atomic E-state index is 13.4. The third-order valence-corrected chi connectivity index (χ3v) is 7.36. The zero-order valence-corrected chi connectivity index (χ0v) is 19.6. The molecule has 2 heterocycles. The highest BCUT2D eigenvalue weighted by atomic mass is 16.5. The summed E-state index contributed by atoms with van der Waals surface area (Å²) in [6.07, 6.45) is 5.28. The molecule has 1 aliphatic carbocycles. The zero-order valence-electron chi connectivity index (χ0n) is 19.6. The van der Waals surface area contributed by atoms with Gasteiger partial charge >= 0.3 is 0 Å². The van der Waals surface area contributed by atoms with Crippen molar-refractivity contribution in [2.75, 3.05) is 13.1 Å². The Morgan fingerprint density at radius 1 is 0.970 bits per heavy atom. The Bertz CT molecular complexity index is 1070. The first kappa shape index (κ1) is 21.9. The fourth-order valence-electron chi connectivity index (χ4n) is 5.39. The number of aromatic nitrogens is 2. The molecular weight excluding hydrogens is 410 g/mol. The van der Waals surface area contributed by atoms with Crippen LogP contribution in [0.5, 0.6) is 0 Å². The number of benzene rings is 2. The Morgan fingerprint density at radius 3 is 2.36 bits per heavy atom. The van der Waals surface area contributed by atoms with E-state index in [-0.39, 0.29) is 17.8 Å². The van der Waals surface area contributed by atoms with E-state index in [1.165, 1.54) is 11.1 Å². The minimum atomic E-state index is 0.0452. The van der Waals surface area contributed by atoms with Crippen molar-refractivity contribution in [1.29, 1.82) is 0 Å². The van der Waals surface area contributed by atoms with Crippen LogP contribution in [0.3, 0.4) is 0 Å². The van der Waals surface area contributed by atoms with Crippen molar-refractivity contribution < 1.29 is 9.32 Å². The predicted molar refractivity (Wildman–Crippen MR) is 129 cm³/mol. The number of hydrogen-bond donors (Lipinski definition) is 0. The van der Waals surface area contributed by atoms with Crippen molar-refractivity contribution >= 4 is 5.91 Å². The summed E-state index contributed by atoms with van der Waals surface area (Å²) in [7, 11) is 0. The molecule has 0 unspecified atom stereocenters. The van der Waals surface area contributed by atoms with Gasteiger partial charge in [-0.2, -0.15) is 4.98 Å². The van der Waals surface area contributed by atoms with Crippen molar-refractivity contribution in [2.45, 2.75) is 63.7 Å². The first-order valence-electron chi connectivity index (χ1n) is 12.4. The highest BCUT2D eigenvalue weighted by Gasteiger charge is 2.37. The van der Waals surface area contributed by atoms with E-state index in [1.54, 1.807) is 0 Å². The molecule has 0 spiro atoms. The number of nitrogens with zero attached hydrogens (tertiary/aromatic N) is 3. The van der Waals surface area contributed by atoms with Crippen molar-refractivity contribution in [3.05, 3.63) is 71.6 Å². The van der Waals surface area contributed by atoms with E-state index >= 15 is 0 Å². The zero-order chi connectivity index (χ0) is 22.8. The van der Waals surface area contributed by atoms with Crippen LogP contribution in [0.2, 0.25) is 0 Å². The smallest absolute Gasteiger partial charge is 0.231 e. The third-order valence-electron chi connectivity index (χ3n) is 7.36. The standard InChI is InChI=1S/C28H33N3O2/c1-19(2)20-12-14-21(15-13-20)24-16-25(18-31(17-24)28(32)23-10-6-7-11-23)27-29-26(30-33-27)22-8-4-3-5-9-22/h3-5,8-9,12-15,19,23-25H,6-7,10-11,16-18H2,1-2H3/t24-,25+/m1/s1. The topological polar surface area (TPSA) is 59.2 Å². The van der Waals surface area contributed by atoms with Gasteiger partial charge in [-0.15, -0.1) is 0 Å². The van der Waals surface area contributed by atoms with E-state index in [0.717, 1.165) is 44.2 Å². The molecule has 1 aliphatic heterocycles. The van der Waals surface area contributed by atoms with E-state index < -0.39 is 0 Å². The highest BCUT2D eigenvalue weighted by Crippen LogP contribution is 2.38. The highest BCUT2D eigenvalue weighted by molar-refractivity contribution is 5.79. The quantitative estimate of drug-likeness (QED) is 0.474. The summed E-state index contributed by atoms with van der Waals surface area (Å²) in [5.74, 6) is 2.56. The largest absolute Gasteiger partial charge is 0.341 e. The van der Waals surface area contributed by atoms with Gasteiger partial charge in [0.1, 0.15) is 0 Å². The maximum atomic E-state index is 13.4. The number of carbonyl (C=O) groups is 1. The number of piperidine rings is 1. The van der Waals surface area contributed by atoms with Gasteiger partial charge in [-0.25, -0.2) is 0 Å². The Hall–Kier alpha value is -2.95. The molecule has 172 valence electrons. The summed E-state index contributed by atoms with van der Waals surface area (Å²) < 4.78 is 5.75. The fourth-order valence-corrected chi connectivity index (χ4v) is 5.39. The lowest BCUT2D eigenvalue weighted by Gasteiger charge is -2.38. The average Bonchev–Trinajstić information content (AvgIpc) is 3.57. The van der Waals surface area contributed by atoms with Crippen LogP contribution in [-0.4, -0.2) is 34.0 Å². The molecule has 5 heteroatoms. The lowest BCUT2D eigenvalue weighted by molar-refractivity contribution is -0.137. The Labute approximate surface area is 196 Å². The minimum absolute atomic E-state index is 0.0452. The molecule has 2 fully saturated rings. The molecule has 5 rings (SSSR count). The van der Waals surface area contributed by atoms with Crippen LogP contribution in [-0.2, 0) is 4.79 Å². The van der Waals surface area contributed by atoms with Crippen molar-refractivity contribution in [2.24, 2.45) is 5.92 Å². The van der Waals surface area contributed by atoms with Gasteiger partial charge in [-0.05, 0) is 36.3 Å². The summed E-state index contributed by atoms with van der Waals surface area (Å²) >= 11 is 0. The van der Waals surface area contributed by atoms with Gasteiger partial charge in [0.05, 0.1) is 5.92 Å². The molecule has 1 aromatic heterocycles. The molecule has 1 saturated carbocycles. The molecule has 0 N–H and O–H groups in total. The minimum Gasteiger partial charge on any atom is -0.341 e. The molecule has 2 atom stereocenters. The van der Waals surface area contributed by atoms with Crippen LogP contribution in [0, 0.1) is 5.92 Å². The van der Waals surface area contributed by atoms with Crippen LogP contribution in [0.1, 0.15) is 80.7 Å². The maximum Gasteiger partial charge on any atom is 0.231 e. The Morgan fingerprint density at radius 2 is 1.67 bits per heavy atom. The Kier molecular flexibility index (Phi) is 6.30. The normalized spacial score (nSPS) is 21.6.